The van der Waals surface area contributed by atoms with Crippen molar-refractivity contribution in [1.82, 2.24) is 4.90 Å². The van der Waals surface area contributed by atoms with Gasteiger partial charge in [-0.1, -0.05) is 35.3 Å². The van der Waals surface area contributed by atoms with Crippen molar-refractivity contribution in [1.29, 1.82) is 0 Å². The Hall–Kier alpha value is -2.17. The molecule has 26 heavy (non-hydrogen) atoms. The molecule has 0 heterocycles. The van der Waals surface area contributed by atoms with Crippen LogP contribution in [0.2, 0.25) is 10.0 Å². The summed E-state index contributed by atoms with van der Waals surface area (Å²) in [6, 6.07) is 10.9. The molecule has 0 bridgehead atoms. The van der Waals surface area contributed by atoms with Gasteiger partial charge in [-0.2, -0.15) is 0 Å². The molecule has 2 aromatic rings. The van der Waals surface area contributed by atoms with Gasteiger partial charge in [0, 0.05) is 24.7 Å². The number of halogens is 2. The van der Waals surface area contributed by atoms with Gasteiger partial charge in [0.25, 0.3) is 0 Å². The highest BCUT2D eigenvalue weighted by molar-refractivity contribution is 6.32. The van der Waals surface area contributed by atoms with E-state index in [2.05, 4.69) is 0 Å². The third kappa shape index (κ3) is 5.41. The number of amides is 1. The van der Waals surface area contributed by atoms with E-state index in [-0.39, 0.29) is 5.91 Å². The van der Waals surface area contributed by atoms with E-state index in [0.29, 0.717) is 34.7 Å². The molecule has 0 aliphatic heterocycles. The third-order valence-electron chi connectivity index (χ3n) is 3.67. The lowest BCUT2D eigenvalue weighted by atomic mass is 10.1. The molecule has 2 aromatic carbocycles. The van der Waals surface area contributed by atoms with Gasteiger partial charge in [0.2, 0.25) is 5.91 Å². The average molecular weight is 394 g/mol. The van der Waals surface area contributed by atoms with Crippen LogP contribution in [0.15, 0.2) is 42.5 Å². The summed E-state index contributed by atoms with van der Waals surface area (Å²) >= 11 is 12.1. The van der Waals surface area contributed by atoms with Gasteiger partial charge in [-0.05, 0) is 48.4 Å². The quantitative estimate of drug-likeness (QED) is 0.616. The molecule has 0 aliphatic rings. The van der Waals surface area contributed by atoms with Crippen LogP contribution in [0.5, 0.6) is 11.5 Å². The zero-order chi connectivity index (χ0) is 19.1. The number of methoxy groups -OCH3 is 1. The van der Waals surface area contributed by atoms with Crippen LogP contribution in [0.1, 0.15) is 18.1 Å². The van der Waals surface area contributed by atoms with E-state index in [9.17, 15) is 4.79 Å². The van der Waals surface area contributed by atoms with E-state index in [1.165, 1.54) is 6.08 Å². The zero-order valence-corrected chi connectivity index (χ0v) is 16.5. The molecule has 2 rings (SSSR count). The third-order valence-corrected chi connectivity index (χ3v) is 4.20. The molecule has 0 saturated heterocycles. The molecule has 1 amide bonds. The summed E-state index contributed by atoms with van der Waals surface area (Å²) in [5.41, 5.74) is 1.76. The normalized spacial score (nSPS) is 10.8. The lowest BCUT2D eigenvalue weighted by molar-refractivity contribution is -0.125. The van der Waals surface area contributed by atoms with Crippen molar-refractivity contribution >= 4 is 35.2 Å². The maximum Gasteiger partial charge on any atom is 0.246 e. The molecule has 0 atom stereocenters. The molecule has 0 N–H and O–H groups in total. The summed E-state index contributed by atoms with van der Waals surface area (Å²) in [5.74, 6) is 0.907. The van der Waals surface area contributed by atoms with E-state index in [1.54, 1.807) is 49.4 Å². The highest BCUT2D eigenvalue weighted by atomic mass is 35.5. The van der Waals surface area contributed by atoms with Gasteiger partial charge >= 0.3 is 0 Å². The second-order valence-corrected chi connectivity index (χ2v) is 6.46. The van der Waals surface area contributed by atoms with E-state index >= 15 is 0 Å². The van der Waals surface area contributed by atoms with Crippen molar-refractivity contribution in [3.05, 3.63) is 63.6 Å². The Bertz CT molecular complexity index is 788. The summed E-state index contributed by atoms with van der Waals surface area (Å²) in [5, 5.41) is 1.11. The molecule has 0 radical (unpaired) electrons. The lowest BCUT2D eigenvalue weighted by Gasteiger charge is -2.15. The minimum absolute atomic E-state index is 0.121. The van der Waals surface area contributed by atoms with Crippen molar-refractivity contribution < 1.29 is 14.3 Å². The molecule has 138 valence electrons. The first kappa shape index (κ1) is 20.1. The Kier molecular flexibility index (Phi) is 7.37. The van der Waals surface area contributed by atoms with Crippen molar-refractivity contribution in [2.24, 2.45) is 0 Å². The first-order valence-corrected chi connectivity index (χ1v) is 8.88. The minimum Gasteiger partial charge on any atom is -0.493 e. The number of ether oxygens (including phenoxy) is 2. The predicted octanol–water partition coefficient (Wildman–Crippen LogP) is 5.07. The van der Waals surface area contributed by atoms with E-state index in [0.717, 1.165) is 11.1 Å². The minimum atomic E-state index is -0.121. The molecule has 0 saturated carbocycles. The molecular weight excluding hydrogens is 373 g/mol. The highest BCUT2D eigenvalue weighted by Crippen LogP contribution is 2.36. The topological polar surface area (TPSA) is 38.8 Å². The van der Waals surface area contributed by atoms with Crippen LogP contribution in [0, 0.1) is 0 Å². The van der Waals surface area contributed by atoms with Crippen LogP contribution in [0.4, 0.5) is 0 Å². The van der Waals surface area contributed by atoms with Crippen LogP contribution < -0.4 is 9.47 Å². The number of rotatable bonds is 7. The summed E-state index contributed by atoms with van der Waals surface area (Å²) in [7, 11) is 3.29. The first-order valence-electron chi connectivity index (χ1n) is 8.12. The van der Waals surface area contributed by atoms with Crippen molar-refractivity contribution in [3.63, 3.8) is 0 Å². The van der Waals surface area contributed by atoms with Crippen molar-refractivity contribution in [2.75, 3.05) is 20.8 Å². The molecule has 4 nitrogen and oxygen atoms in total. The number of carbonyl (C=O) groups is 1. The van der Waals surface area contributed by atoms with Crippen molar-refractivity contribution in [2.45, 2.75) is 13.5 Å². The second kappa shape index (κ2) is 9.51. The number of carbonyl (C=O) groups excluding carboxylic acids is 1. The van der Waals surface area contributed by atoms with Gasteiger partial charge in [0.1, 0.15) is 0 Å². The Morgan fingerprint density at radius 3 is 2.50 bits per heavy atom. The molecular formula is C20H21Cl2NO3. The molecule has 0 unspecified atom stereocenters. The summed E-state index contributed by atoms with van der Waals surface area (Å²) in [4.78, 5) is 13.9. The molecule has 6 heteroatoms. The second-order valence-electron chi connectivity index (χ2n) is 5.62. The maximum absolute atomic E-state index is 12.3. The van der Waals surface area contributed by atoms with Crippen molar-refractivity contribution in [3.8, 4) is 11.5 Å². The van der Waals surface area contributed by atoms with Crippen LogP contribution in [0.3, 0.4) is 0 Å². The highest BCUT2D eigenvalue weighted by Gasteiger charge is 2.11. The van der Waals surface area contributed by atoms with Gasteiger partial charge in [-0.25, -0.2) is 0 Å². The first-order chi connectivity index (χ1) is 12.4. The predicted molar refractivity (Wildman–Crippen MR) is 106 cm³/mol. The molecule has 0 aromatic heterocycles. The number of nitrogens with zero attached hydrogens (tertiary/aromatic N) is 1. The number of likely N-dealkylation sites (N-methyl/N-ethyl adjacent to an activating group) is 1. The molecule has 0 aliphatic carbocycles. The van der Waals surface area contributed by atoms with Crippen LogP contribution >= 0.6 is 23.2 Å². The fourth-order valence-corrected chi connectivity index (χ4v) is 2.76. The summed E-state index contributed by atoms with van der Waals surface area (Å²) < 4.78 is 10.8. The van der Waals surface area contributed by atoms with E-state index in [4.69, 9.17) is 32.7 Å². The SMILES string of the molecule is CCOc1c(Cl)cc(/C=C/C(=O)N(C)Cc2ccc(Cl)cc2)cc1OC. The van der Waals surface area contributed by atoms with Crippen LogP contribution in [0.25, 0.3) is 6.08 Å². The Labute approximate surface area is 163 Å². The lowest BCUT2D eigenvalue weighted by Crippen LogP contribution is -2.24. The van der Waals surface area contributed by atoms with Gasteiger partial charge in [-0.3, -0.25) is 4.79 Å². The van der Waals surface area contributed by atoms with Crippen LogP contribution in [-0.4, -0.2) is 31.6 Å². The van der Waals surface area contributed by atoms with Gasteiger partial charge < -0.3 is 14.4 Å². The van der Waals surface area contributed by atoms with E-state index < -0.39 is 0 Å². The van der Waals surface area contributed by atoms with Gasteiger partial charge in [0.15, 0.2) is 11.5 Å². The number of hydrogen-bond donors (Lipinski definition) is 0. The average Bonchev–Trinajstić information content (AvgIpc) is 2.63. The Morgan fingerprint density at radius 1 is 1.19 bits per heavy atom. The molecule has 0 spiro atoms. The molecule has 0 fully saturated rings. The monoisotopic (exact) mass is 393 g/mol. The zero-order valence-electron chi connectivity index (χ0n) is 15.0. The summed E-state index contributed by atoms with van der Waals surface area (Å²) in [6.07, 6.45) is 3.20. The van der Waals surface area contributed by atoms with Crippen LogP contribution in [-0.2, 0) is 11.3 Å². The fraction of sp³-hybridized carbons (Fsp3) is 0.250. The largest absolute Gasteiger partial charge is 0.493 e. The Morgan fingerprint density at radius 2 is 1.88 bits per heavy atom. The maximum atomic E-state index is 12.3. The Balaban J connectivity index is 2.09. The number of benzene rings is 2. The summed E-state index contributed by atoms with van der Waals surface area (Å²) in [6.45, 7) is 2.85. The standard InChI is InChI=1S/C20H21Cl2NO3/c1-4-26-20-17(22)11-15(12-18(20)25-3)7-10-19(24)23(2)13-14-5-8-16(21)9-6-14/h5-12H,4,13H2,1-3H3/b10-7+. The van der Waals surface area contributed by atoms with Gasteiger partial charge in [0.05, 0.1) is 18.7 Å². The smallest absolute Gasteiger partial charge is 0.246 e. The number of hydrogen-bond acceptors (Lipinski definition) is 3. The van der Waals surface area contributed by atoms with Gasteiger partial charge in [-0.15, -0.1) is 0 Å². The van der Waals surface area contributed by atoms with E-state index in [1.807, 2.05) is 19.1 Å². The fourth-order valence-electron chi connectivity index (χ4n) is 2.36.